The van der Waals surface area contributed by atoms with Crippen molar-refractivity contribution in [3.63, 3.8) is 0 Å². The van der Waals surface area contributed by atoms with Crippen LogP contribution >= 0.6 is 0 Å². The Morgan fingerprint density at radius 2 is 1.62 bits per heavy atom. The van der Waals surface area contributed by atoms with Crippen LogP contribution in [0.5, 0.6) is 0 Å². The summed E-state index contributed by atoms with van der Waals surface area (Å²) in [5.41, 5.74) is -0.167. The smallest absolute Gasteiger partial charge is 0.279 e. The maximum atomic E-state index is 13.3. The predicted octanol–water partition coefficient (Wildman–Crippen LogP) is 4.58. The molecule has 2 aliphatic rings. The number of imide groups is 1. The predicted molar refractivity (Wildman–Crippen MR) is 116 cm³/mol. The van der Waals surface area contributed by atoms with Gasteiger partial charge in [0.05, 0.1) is 39.2 Å². The molecule has 174 valence electrons. The van der Waals surface area contributed by atoms with E-state index in [1.165, 1.54) is 24.5 Å². The molecule has 1 aliphatic carbocycles. The fourth-order valence-electron chi connectivity index (χ4n) is 3.95. The molecule has 0 unspecified atom stereocenters. The first-order valence-corrected chi connectivity index (χ1v) is 11.7. The molecule has 2 amide bonds. The summed E-state index contributed by atoms with van der Waals surface area (Å²) >= 11 is 0. The summed E-state index contributed by atoms with van der Waals surface area (Å²) in [5.74, 6) is -1.19. The van der Waals surface area contributed by atoms with E-state index in [9.17, 15) is 31.2 Å². The summed E-state index contributed by atoms with van der Waals surface area (Å²) in [6.45, 7) is 0. The van der Waals surface area contributed by atoms with E-state index in [2.05, 4.69) is 9.71 Å². The highest BCUT2D eigenvalue weighted by atomic mass is 32.2. The molecule has 0 bridgehead atoms. The number of nitrogens with zero attached hydrogens (tertiary/aromatic N) is 2. The van der Waals surface area contributed by atoms with Gasteiger partial charge in [-0.3, -0.25) is 19.3 Å². The minimum Gasteiger partial charge on any atom is -0.279 e. The Kier molecular flexibility index (Phi) is 4.97. The number of carbonyl (C=O) groups is 2. The van der Waals surface area contributed by atoms with Gasteiger partial charge in [0.25, 0.3) is 21.8 Å². The van der Waals surface area contributed by atoms with Gasteiger partial charge >= 0.3 is 6.18 Å². The molecule has 2 aromatic carbocycles. The molecule has 5 rings (SSSR count). The fraction of sp³-hybridized carbons (Fsp3) is 0.174. The first kappa shape index (κ1) is 22.1. The first-order valence-electron chi connectivity index (χ1n) is 10.2. The lowest BCUT2D eigenvalue weighted by molar-refractivity contribution is -0.137. The highest BCUT2D eigenvalue weighted by Gasteiger charge is 2.43. The molecule has 3 aromatic rings. The van der Waals surface area contributed by atoms with Crippen LogP contribution in [0.15, 0.2) is 65.8 Å². The van der Waals surface area contributed by atoms with E-state index in [0.29, 0.717) is 17.7 Å². The van der Waals surface area contributed by atoms with Gasteiger partial charge in [-0.2, -0.15) is 13.2 Å². The minimum atomic E-state index is -4.61. The highest BCUT2D eigenvalue weighted by molar-refractivity contribution is 7.92. The molecule has 1 N–H and O–H groups in total. The van der Waals surface area contributed by atoms with Crippen molar-refractivity contribution in [3.8, 4) is 0 Å². The number of amides is 2. The molecule has 1 fully saturated rings. The highest BCUT2D eigenvalue weighted by Crippen LogP contribution is 2.46. The number of aromatic nitrogens is 1. The van der Waals surface area contributed by atoms with Gasteiger partial charge in [-0.15, -0.1) is 0 Å². The number of halogens is 3. The van der Waals surface area contributed by atoms with Crippen molar-refractivity contribution in [1.82, 2.24) is 4.98 Å². The second-order valence-electron chi connectivity index (χ2n) is 8.01. The van der Waals surface area contributed by atoms with Gasteiger partial charge in [-0.1, -0.05) is 6.07 Å². The van der Waals surface area contributed by atoms with E-state index >= 15 is 0 Å². The van der Waals surface area contributed by atoms with Gasteiger partial charge in [0, 0.05) is 6.20 Å². The number of hydrogen-bond acceptors (Lipinski definition) is 5. The number of nitrogens with one attached hydrogen (secondary N) is 1. The Bertz CT molecular complexity index is 1420. The summed E-state index contributed by atoms with van der Waals surface area (Å²) in [4.78, 5) is 31.1. The van der Waals surface area contributed by atoms with Crippen LogP contribution in [0.3, 0.4) is 0 Å². The molecule has 0 radical (unpaired) electrons. The van der Waals surface area contributed by atoms with Crippen molar-refractivity contribution >= 4 is 33.2 Å². The quantitative estimate of drug-likeness (QED) is 0.532. The summed E-state index contributed by atoms with van der Waals surface area (Å²) in [5, 5.41) is 0. The molecule has 0 saturated heterocycles. The van der Waals surface area contributed by atoms with Crippen LogP contribution in [0, 0.1) is 0 Å². The van der Waals surface area contributed by atoms with E-state index in [4.69, 9.17) is 0 Å². The van der Waals surface area contributed by atoms with Crippen molar-refractivity contribution < 1.29 is 31.2 Å². The van der Waals surface area contributed by atoms with E-state index in [1.54, 1.807) is 12.1 Å². The third kappa shape index (κ3) is 3.71. The van der Waals surface area contributed by atoms with Gasteiger partial charge in [0.15, 0.2) is 0 Å². The molecule has 0 spiro atoms. The summed E-state index contributed by atoms with van der Waals surface area (Å²) in [7, 11) is -4.35. The molecule has 1 saturated carbocycles. The largest absolute Gasteiger partial charge is 0.416 e. The lowest BCUT2D eigenvalue weighted by Crippen LogP contribution is -2.29. The van der Waals surface area contributed by atoms with E-state index in [0.717, 1.165) is 29.9 Å². The van der Waals surface area contributed by atoms with Crippen molar-refractivity contribution in [2.45, 2.75) is 29.8 Å². The van der Waals surface area contributed by atoms with Crippen LogP contribution in [0.2, 0.25) is 0 Å². The van der Waals surface area contributed by atoms with Crippen LogP contribution < -0.4 is 9.62 Å². The number of carbonyl (C=O) groups excluding carboxylic acids is 2. The molecule has 0 atom stereocenters. The Morgan fingerprint density at radius 3 is 2.21 bits per heavy atom. The standard InChI is InChI=1S/C23H16F3N3O4S/c24-23(25,26)14-5-7-16(8-6-14)34(32,33)28-18-10-9-17(13-3-4-13)19-20(18)22(31)29(21(19)30)15-2-1-11-27-12-15/h1-2,5-13,28H,3-4H2. The van der Waals surface area contributed by atoms with Crippen LogP contribution in [0.1, 0.15) is 50.6 Å². The van der Waals surface area contributed by atoms with Crippen molar-refractivity contribution in [3.05, 3.63) is 83.2 Å². The Hall–Kier alpha value is -3.73. The van der Waals surface area contributed by atoms with Crippen LogP contribution in [0.4, 0.5) is 24.5 Å². The summed E-state index contributed by atoms with van der Waals surface area (Å²) in [6, 6.07) is 9.11. The van der Waals surface area contributed by atoms with Crippen LogP contribution in [-0.4, -0.2) is 25.2 Å². The number of fused-ring (bicyclic) bond motifs is 1. The second-order valence-corrected chi connectivity index (χ2v) is 9.69. The zero-order valence-electron chi connectivity index (χ0n) is 17.3. The van der Waals surface area contributed by atoms with Gasteiger partial charge < -0.3 is 0 Å². The molecule has 1 aliphatic heterocycles. The van der Waals surface area contributed by atoms with Crippen molar-refractivity contribution in [2.75, 3.05) is 9.62 Å². The van der Waals surface area contributed by atoms with E-state index in [1.807, 2.05) is 0 Å². The topological polar surface area (TPSA) is 96.4 Å². The molecule has 7 nitrogen and oxygen atoms in total. The lowest BCUT2D eigenvalue weighted by Gasteiger charge is -2.14. The third-order valence-electron chi connectivity index (χ3n) is 5.73. The Labute approximate surface area is 192 Å². The van der Waals surface area contributed by atoms with Crippen LogP contribution in [-0.2, 0) is 16.2 Å². The molecule has 34 heavy (non-hydrogen) atoms. The number of benzene rings is 2. The molecular formula is C23H16F3N3O4S. The average Bonchev–Trinajstić information content (AvgIpc) is 3.60. The van der Waals surface area contributed by atoms with Gasteiger partial charge in [-0.25, -0.2) is 13.3 Å². The Morgan fingerprint density at radius 1 is 0.941 bits per heavy atom. The summed E-state index contributed by atoms with van der Waals surface area (Å²) < 4.78 is 66.6. The average molecular weight is 487 g/mol. The zero-order chi connectivity index (χ0) is 24.3. The normalized spacial score (nSPS) is 16.0. The fourth-order valence-corrected chi connectivity index (χ4v) is 5.03. The first-order chi connectivity index (χ1) is 16.1. The molecular weight excluding hydrogens is 471 g/mol. The number of alkyl halides is 3. The zero-order valence-corrected chi connectivity index (χ0v) is 18.2. The lowest BCUT2D eigenvalue weighted by atomic mass is 9.98. The van der Waals surface area contributed by atoms with Gasteiger partial charge in [0.1, 0.15) is 0 Å². The van der Waals surface area contributed by atoms with E-state index < -0.39 is 38.5 Å². The maximum absolute atomic E-state index is 13.3. The molecule has 11 heteroatoms. The Balaban J connectivity index is 1.56. The molecule has 1 aromatic heterocycles. The van der Waals surface area contributed by atoms with Gasteiger partial charge in [0.2, 0.25) is 0 Å². The second kappa shape index (κ2) is 7.66. The number of anilines is 2. The monoisotopic (exact) mass is 487 g/mol. The van der Waals surface area contributed by atoms with E-state index in [-0.39, 0.29) is 28.4 Å². The number of hydrogen-bond donors (Lipinski definition) is 1. The maximum Gasteiger partial charge on any atom is 0.416 e. The van der Waals surface area contributed by atoms with Crippen LogP contribution in [0.25, 0.3) is 0 Å². The number of sulfonamides is 1. The number of pyridine rings is 1. The number of rotatable bonds is 5. The summed E-state index contributed by atoms with van der Waals surface area (Å²) in [6.07, 6.45) is -0.0853. The van der Waals surface area contributed by atoms with Crippen molar-refractivity contribution in [1.29, 1.82) is 0 Å². The third-order valence-corrected chi connectivity index (χ3v) is 7.11. The van der Waals surface area contributed by atoms with Crippen molar-refractivity contribution in [2.24, 2.45) is 0 Å². The van der Waals surface area contributed by atoms with Gasteiger partial charge in [-0.05, 0) is 66.8 Å². The minimum absolute atomic E-state index is 0.0891. The molecule has 2 heterocycles. The SMILES string of the molecule is O=C1c2c(NS(=O)(=O)c3ccc(C(F)(F)F)cc3)ccc(C3CC3)c2C(=O)N1c1cccnc1.